The molecule has 1 N–H and O–H groups in total. The van der Waals surface area contributed by atoms with Gasteiger partial charge in [-0.1, -0.05) is 41.9 Å². The van der Waals surface area contributed by atoms with Crippen molar-refractivity contribution >= 4 is 29.4 Å². The first-order chi connectivity index (χ1) is 16.8. The summed E-state index contributed by atoms with van der Waals surface area (Å²) >= 11 is 6.51. The lowest BCUT2D eigenvalue weighted by atomic mass is 9.83. The molecule has 0 aromatic heterocycles. The number of carboxylic acids is 1. The number of nitrogens with zero attached hydrogens (tertiary/aromatic N) is 2. The van der Waals surface area contributed by atoms with Crippen molar-refractivity contribution < 1.29 is 29.0 Å². The molecule has 3 rings (SSSR count). The Morgan fingerprint density at radius 3 is 2.63 bits per heavy atom. The average molecular weight is 503 g/mol. The van der Waals surface area contributed by atoms with Gasteiger partial charge in [-0.3, -0.25) is 14.4 Å². The third kappa shape index (κ3) is 6.74. The van der Waals surface area contributed by atoms with Gasteiger partial charge in [0.2, 0.25) is 11.8 Å². The summed E-state index contributed by atoms with van der Waals surface area (Å²) in [5, 5.41) is 9.98. The van der Waals surface area contributed by atoms with Gasteiger partial charge in [0.05, 0.1) is 25.7 Å². The maximum absolute atomic E-state index is 13.8. The average Bonchev–Trinajstić information content (AvgIpc) is 2.85. The minimum absolute atomic E-state index is 0.0859. The zero-order valence-corrected chi connectivity index (χ0v) is 20.7. The fourth-order valence-corrected chi connectivity index (χ4v) is 4.77. The van der Waals surface area contributed by atoms with E-state index in [9.17, 15) is 19.5 Å². The highest BCUT2D eigenvalue weighted by Crippen LogP contribution is 2.40. The van der Waals surface area contributed by atoms with Gasteiger partial charge in [0, 0.05) is 31.6 Å². The maximum atomic E-state index is 13.8. The van der Waals surface area contributed by atoms with Crippen molar-refractivity contribution in [3.05, 3.63) is 64.7 Å². The van der Waals surface area contributed by atoms with Crippen LogP contribution in [-0.2, 0) is 25.5 Å². The zero-order chi connectivity index (χ0) is 25.4. The van der Waals surface area contributed by atoms with E-state index in [1.165, 1.54) is 4.90 Å². The minimum Gasteiger partial charge on any atom is -0.497 e. The molecule has 1 fully saturated rings. The van der Waals surface area contributed by atoms with Crippen molar-refractivity contribution in [1.29, 1.82) is 0 Å². The minimum atomic E-state index is -1.10. The molecular weight excluding hydrogens is 472 g/mol. The van der Waals surface area contributed by atoms with Gasteiger partial charge in [0.15, 0.2) is 0 Å². The molecule has 2 aromatic carbocycles. The van der Waals surface area contributed by atoms with E-state index in [-0.39, 0.29) is 24.8 Å². The quantitative estimate of drug-likeness (QED) is 0.505. The van der Waals surface area contributed by atoms with Crippen LogP contribution < -0.4 is 4.74 Å². The second kappa shape index (κ2) is 12.6. The number of aliphatic carboxylic acids is 1. The highest BCUT2D eigenvalue weighted by molar-refractivity contribution is 6.31. The summed E-state index contributed by atoms with van der Waals surface area (Å²) < 4.78 is 10.5. The van der Waals surface area contributed by atoms with Crippen molar-refractivity contribution in [2.24, 2.45) is 5.92 Å². The Kier molecular flexibility index (Phi) is 9.51. The van der Waals surface area contributed by atoms with Gasteiger partial charge in [-0.25, -0.2) is 0 Å². The number of likely N-dealkylation sites (tertiary alicyclic amines) is 1. The largest absolute Gasteiger partial charge is 0.497 e. The SMILES string of the molecule is COCCN1C(=O)CC[C@@H](C(=O)N(CCc2cccc(OC)c2)CC(=O)O)[C@@H]1c1ccccc1Cl. The molecule has 8 nitrogen and oxygen atoms in total. The molecule has 1 saturated heterocycles. The van der Waals surface area contributed by atoms with Crippen LogP contribution in [0.3, 0.4) is 0 Å². The van der Waals surface area contributed by atoms with Crippen molar-refractivity contribution in [2.75, 3.05) is 40.5 Å². The van der Waals surface area contributed by atoms with Crippen LogP contribution in [-0.4, -0.2) is 73.2 Å². The number of carbonyl (C=O) groups excluding carboxylic acids is 2. The van der Waals surface area contributed by atoms with E-state index in [4.69, 9.17) is 21.1 Å². The predicted octanol–water partition coefficient (Wildman–Crippen LogP) is 3.43. The van der Waals surface area contributed by atoms with Crippen LogP contribution in [0.5, 0.6) is 5.75 Å². The van der Waals surface area contributed by atoms with Crippen LogP contribution >= 0.6 is 11.6 Å². The number of carbonyl (C=O) groups is 3. The lowest BCUT2D eigenvalue weighted by Gasteiger charge is -2.42. The second-order valence-corrected chi connectivity index (χ2v) is 8.85. The van der Waals surface area contributed by atoms with Crippen LogP contribution in [0.1, 0.15) is 30.0 Å². The number of piperidine rings is 1. The summed E-state index contributed by atoms with van der Waals surface area (Å²) in [5.41, 5.74) is 1.59. The van der Waals surface area contributed by atoms with E-state index in [0.717, 1.165) is 5.56 Å². The van der Waals surface area contributed by atoms with Gasteiger partial charge in [0.1, 0.15) is 12.3 Å². The monoisotopic (exact) mass is 502 g/mol. The summed E-state index contributed by atoms with van der Waals surface area (Å²) in [7, 11) is 3.13. The van der Waals surface area contributed by atoms with Crippen molar-refractivity contribution in [1.82, 2.24) is 9.80 Å². The van der Waals surface area contributed by atoms with Crippen LogP contribution in [0.25, 0.3) is 0 Å². The number of methoxy groups -OCH3 is 2. The van der Waals surface area contributed by atoms with Crippen molar-refractivity contribution in [3.63, 3.8) is 0 Å². The van der Waals surface area contributed by atoms with Crippen LogP contribution in [0.2, 0.25) is 5.02 Å². The number of halogens is 1. The summed E-state index contributed by atoms with van der Waals surface area (Å²) in [4.78, 5) is 41.4. The Labute approximate surface area is 210 Å². The first-order valence-electron chi connectivity index (χ1n) is 11.5. The van der Waals surface area contributed by atoms with E-state index in [0.29, 0.717) is 42.3 Å². The highest BCUT2D eigenvalue weighted by atomic mass is 35.5. The van der Waals surface area contributed by atoms with E-state index >= 15 is 0 Å². The molecule has 0 unspecified atom stereocenters. The Bertz CT molecular complexity index is 1050. The molecule has 188 valence electrons. The number of benzene rings is 2. The third-order valence-electron chi connectivity index (χ3n) is 6.23. The number of amides is 2. The van der Waals surface area contributed by atoms with Gasteiger partial charge in [-0.2, -0.15) is 0 Å². The van der Waals surface area contributed by atoms with E-state index in [2.05, 4.69) is 0 Å². The van der Waals surface area contributed by atoms with Gasteiger partial charge < -0.3 is 24.4 Å². The molecule has 2 aromatic rings. The first kappa shape index (κ1) is 26.5. The van der Waals surface area contributed by atoms with E-state index in [1.54, 1.807) is 31.3 Å². The maximum Gasteiger partial charge on any atom is 0.323 e. The van der Waals surface area contributed by atoms with Crippen LogP contribution in [0, 0.1) is 5.92 Å². The Hall–Kier alpha value is -3.10. The Morgan fingerprint density at radius 1 is 1.17 bits per heavy atom. The molecule has 0 bridgehead atoms. The molecule has 2 atom stereocenters. The molecule has 0 aliphatic carbocycles. The van der Waals surface area contributed by atoms with Gasteiger partial charge >= 0.3 is 5.97 Å². The van der Waals surface area contributed by atoms with Crippen LogP contribution in [0.15, 0.2) is 48.5 Å². The lowest BCUT2D eigenvalue weighted by Crippen LogP contribution is -2.51. The first-order valence-corrected chi connectivity index (χ1v) is 11.9. The topological polar surface area (TPSA) is 96.4 Å². The summed E-state index contributed by atoms with van der Waals surface area (Å²) in [6.45, 7) is 0.399. The summed E-state index contributed by atoms with van der Waals surface area (Å²) in [6, 6.07) is 14.0. The third-order valence-corrected chi connectivity index (χ3v) is 6.57. The highest BCUT2D eigenvalue weighted by Gasteiger charge is 2.43. The number of carboxylic acid groups (broad SMARTS) is 1. The normalized spacial score (nSPS) is 17.8. The van der Waals surface area contributed by atoms with Gasteiger partial charge in [-0.05, 0) is 42.2 Å². The molecule has 0 saturated carbocycles. The van der Waals surface area contributed by atoms with Crippen molar-refractivity contribution in [2.45, 2.75) is 25.3 Å². The standard InChI is InChI=1S/C26H31ClN2O6/c1-34-15-14-29-23(30)11-10-21(25(29)20-8-3-4-9-22(20)27)26(33)28(17-24(31)32)13-12-18-6-5-7-19(16-18)35-2/h3-9,16,21,25H,10-15,17H2,1-2H3,(H,31,32)/t21-,25+/m1/s1. The zero-order valence-electron chi connectivity index (χ0n) is 20.0. The van der Waals surface area contributed by atoms with Gasteiger partial charge in [-0.15, -0.1) is 0 Å². The summed E-state index contributed by atoms with van der Waals surface area (Å²) in [6.07, 6.45) is 0.968. The molecule has 0 spiro atoms. The van der Waals surface area contributed by atoms with Crippen LogP contribution in [0.4, 0.5) is 0 Å². The lowest BCUT2D eigenvalue weighted by molar-refractivity contribution is -0.153. The molecule has 1 heterocycles. The molecule has 9 heteroatoms. The Morgan fingerprint density at radius 2 is 1.94 bits per heavy atom. The molecule has 1 aliphatic rings. The Balaban J connectivity index is 1.91. The number of hydrogen-bond acceptors (Lipinski definition) is 5. The predicted molar refractivity (Wildman–Crippen MR) is 131 cm³/mol. The number of rotatable bonds is 11. The second-order valence-electron chi connectivity index (χ2n) is 8.45. The molecular formula is C26H31ClN2O6. The number of hydrogen-bond donors (Lipinski definition) is 1. The molecule has 0 radical (unpaired) electrons. The number of ether oxygens (including phenoxy) is 2. The van der Waals surface area contributed by atoms with Gasteiger partial charge in [0.25, 0.3) is 0 Å². The molecule has 2 amide bonds. The fourth-order valence-electron chi connectivity index (χ4n) is 4.52. The van der Waals surface area contributed by atoms with E-state index in [1.807, 2.05) is 36.4 Å². The van der Waals surface area contributed by atoms with E-state index < -0.39 is 24.5 Å². The molecule has 35 heavy (non-hydrogen) atoms. The smallest absolute Gasteiger partial charge is 0.323 e. The summed E-state index contributed by atoms with van der Waals surface area (Å²) in [5.74, 6) is -1.43. The molecule has 1 aliphatic heterocycles. The fraction of sp³-hybridized carbons (Fsp3) is 0.423. The van der Waals surface area contributed by atoms with Crippen molar-refractivity contribution in [3.8, 4) is 5.75 Å².